The van der Waals surface area contributed by atoms with Crippen molar-refractivity contribution in [2.45, 2.75) is 194 Å². The lowest BCUT2D eigenvalue weighted by Gasteiger charge is -2.29. The number of amides is 4. The van der Waals surface area contributed by atoms with Gasteiger partial charge >= 0.3 is 12.1 Å². The summed E-state index contributed by atoms with van der Waals surface area (Å²) < 4.78 is 106. The highest BCUT2D eigenvalue weighted by molar-refractivity contribution is 5.98. The Labute approximate surface area is 605 Å². The molecule has 0 bridgehead atoms. The van der Waals surface area contributed by atoms with E-state index in [2.05, 4.69) is 42.7 Å². The highest BCUT2D eigenvalue weighted by Crippen LogP contribution is 2.46. The first-order valence-corrected chi connectivity index (χ1v) is 36.3. The Kier molecular flexibility index (Phi) is 23.3. The monoisotopic (exact) mass is 1440 g/mol. The number of H-pyrrole nitrogens is 2. The third kappa shape index (κ3) is 19.0. The van der Waals surface area contributed by atoms with E-state index < -0.39 is 23.7 Å². The molecule has 105 heavy (non-hydrogen) atoms. The first kappa shape index (κ1) is 74.5. The zero-order valence-corrected chi connectivity index (χ0v) is 58.2. The van der Waals surface area contributed by atoms with Crippen LogP contribution in [-0.4, -0.2) is 80.8 Å². The van der Waals surface area contributed by atoms with Crippen molar-refractivity contribution in [1.82, 2.24) is 30.6 Å². The van der Waals surface area contributed by atoms with Crippen molar-refractivity contribution in [2.24, 2.45) is 0 Å². The number of hydrogen-bond donors (Lipinski definition) is 4. The van der Waals surface area contributed by atoms with Crippen LogP contribution in [0.2, 0.25) is 0 Å². The molecule has 7 aliphatic rings. The Morgan fingerprint density at radius 1 is 0.390 bits per heavy atom. The standard InChI is InChI=1S/2C22H22F2N4O.C13H13F2N.C13H14F2O.C13H13NO/c2*23-22(24)9-7-15(8-10-22)14-1-3-16(4-2-14)20-12-25-21(29)28(20)17-5-6-18-19(11-17)27-13-26-18;2*14-13(15)7-5-12(6-8-13)11-3-1-10(9-16)2-4-11;14-9-10-1-3-11(4-2-10)12-5-7-13(15)8-6-12/h2*1-6,11,13,15,20H,7-10,12H2,(H,25,29)(H,26,27);1-4,12H,5-8H2;1-4,9,12H,5-8H2;1-4,12H,5-8H2. The number of aldehydes is 1. The number of ketones is 1. The van der Waals surface area contributed by atoms with Gasteiger partial charge in [0.15, 0.2) is 0 Å². The number of carbonyl (C=O) groups is 4. The molecule has 5 aliphatic carbocycles. The minimum Gasteiger partial charge on any atom is -0.345 e. The zero-order valence-electron chi connectivity index (χ0n) is 58.2. The molecular formula is C83H84F8N10O4. The molecule has 2 aliphatic heterocycles. The zero-order chi connectivity index (χ0) is 73.9. The van der Waals surface area contributed by atoms with E-state index >= 15 is 0 Å². The maximum absolute atomic E-state index is 13.4. The van der Waals surface area contributed by atoms with Gasteiger partial charge in [-0.3, -0.25) is 19.4 Å². The Balaban J connectivity index is 0.000000127. The quantitative estimate of drug-likeness (QED) is 0.0764. The summed E-state index contributed by atoms with van der Waals surface area (Å²) in [6.07, 6.45) is 11.4. The van der Waals surface area contributed by atoms with E-state index in [1.165, 1.54) is 5.56 Å². The second-order valence-corrected chi connectivity index (χ2v) is 28.8. The van der Waals surface area contributed by atoms with Gasteiger partial charge in [0.25, 0.3) is 0 Å². The number of urea groups is 2. The van der Waals surface area contributed by atoms with E-state index in [9.17, 15) is 54.3 Å². The van der Waals surface area contributed by atoms with Crippen LogP contribution in [-0.2, 0) is 4.79 Å². The minimum absolute atomic E-state index is 0.0162. The van der Waals surface area contributed by atoms with Crippen LogP contribution in [0.3, 0.4) is 0 Å². The summed E-state index contributed by atoms with van der Waals surface area (Å²) in [6.45, 7) is 1.05. The van der Waals surface area contributed by atoms with Crippen molar-refractivity contribution in [3.63, 3.8) is 0 Å². The summed E-state index contributed by atoms with van der Waals surface area (Å²) in [7, 11) is 0. The third-order valence-electron chi connectivity index (χ3n) is 21.9. The Morgan fingerprint density at radius 2 is 0.676 bits per heavy atom. The van der Waals surface area contributed by atoms with Gasteiger partial charge in [0.05, 0.1) is 70.1 Å². The number of aromatic nitrogens is 4. The molecule has 14 nitrogen and oxygen atoms in total. The van der Waals surface area contributed by atoms with Gasteiger partial charge in [-0.15, -0.1) is 0 Å². The van der Waals surface area contributed by atoms with Gasteiger partial charge in [-0.2, -0.15) is 10.5 Å². The molecule has 546 valence electrons. The van der Waals surface area contributed by atoms with Gasteiger partial charge in [-0.05, 0) is 193 Å². The van der Waals surface area contributed by atoms with E-state index in [0.29, 0.717) is 106 Å². The normalized spacial score (nSPS) is 21.0. The van der Waals surface area contributed by atoms with Crippen LogP contribution in [0.15, 0.2) is 170 Å². The summed E-state index contributed by atoms with van der Waals surface area (Å²) in [5, 5.41) is 23.2. The average Bonchev–Trinajstić information content (AvgIpc) is 1.65. The Bertz CT molecular complexity index is 4330. The number of hydrogen-bond acceptors (Lipinski definition) is 8. The molecule has 2 aromatic heterocycles. The molecule has 2 unspecified atom stereocenters. The van der Waals surface area contributed by atoms with E-state index in [0.717, 1.165) is 86.0 Å². The maximum atomic E-state index is 13.4. The molecule has 2 atom stereocenters. The van der Waals surface area contributed by atoms with Gasteiger partial charge in [0, 0.05) is 94.2 Å². The number of alkyl halides is 8. The van der Waals surface area contributed by atoms with E-state index in [1.54, 1.807) is 46.7 Å². The van der Waals surface area contributed by atoms with Crippen molar-refractivity contribution >= 4 is 57.6 Å². The van der Waals surface area contributed by atoms with Crippen molar-refractivity contribution in [3.8, 4) is 12.1 Å². The molecule has 4 heterocycles. The van der Waals surface area contributed by atoms with E-state index in [1.807, 2.05) is 133 Å². The number of halogens is 8. The van der Waals surface area contributed by atoms with Crippen LogP contribution in [0.1, 0.15) is 231 Å². The number of fused-ring (bicyclic) bond motifs is 2. The largest absolute Gasteiger partial charge is 0.345 e. The van der Waals surface area contributed by atoms with E-state index in [4.69, 9.17) is 10.5 Å². The lowest BCUT2D eigenvalue weighted by atomic mass is 9.82. The summed E-state index contributed by atoms with van der Waals surface area (Å²) >= 11 is 0. The van der Waals surface area contributed by atoms with Crippen LogP contribution in [0, 0.1) is 22.7 Å². The fraction of sp³-hybridized carbons (Fsp3) is 0.398. The molecule has 7 fully saturated rings. The van der Waals surface area contributed by atoms with Crippen LogP contribution >= 0.6 is 0 Å². The van der Waals surface area contributed by atoms with Crippen LogP contribution < -0.4 is 20.4 Å². The van der Waals surface area contributed by atoms with Crippen LogP contribution in [0.4, 0.5) is 56.1 Å². The average molecular weight is 1440 g/mol. The lowest BCUT2D eigenvalue weighted by molar-refractivity contribution is -0.120. The summed E-state index contributed by atoms with van der Waals surface area (Å²) in [5.74, 6) is -8.24. The van der Waals surface area contributed by atoms with E-state index in [-0.39, 0.29) is 99.2 Å². The molecule has 9 aromatic rings. The highest BCUT2D eigenvalue weighted by atomic mass is 19.3. The molecule has 16 rings (SSSR count). The Morgan fingerprint density at radius 3 is 0.981 bits per heavy atom. The molecular weight excluding hydrogens is 1350 g/mol. The molecule has 4 amide bonds. The summed E-state index contributed by atoms with van der Waals surface area (Å²) in [6, 6.07) is 53.6. The molecule has 7 aromatic carbocycles. The molecule has 22 heteroatoms. The van der Waals surface area contributed by atoms with Gasteiger partial charge in [0.1, 0.15) is 12.1 Å². The predicted molar refractivity (Wildman–Crippen MR) is 387 cm³/mol. The molecule has 0 radical (unpaired) electrons. The second kappa shape index (κ2) is 32.8. The number of anilines is 2. The van der Waals surface area contributed by atoms with Crippen molar-refractivity contribution in [3.05, 3.63) is 226 Å². The molecule has 4 N–H and O–H groups in total. The first-order valence-electron chi connectivity index (χ1n) is 36.3. The van der Waals surface area contributed by atoms with Gasteiger partial charge in [-0.1, -0.05) is 97.1 Å². The van der Waals surface area contributed by atoms with Crippen LogP contribution in [0.5, 0.6) is 0 Å². The fourth-order valence-corrected chi connectivity index (χ4v) is 15.5. The molecule has 2 saturated heterocycles. The maximum Gasteiger partial charge on any atom is 0.322 e. The topological polar surface area (TPSA) is 204 Å². The first-order chi connectivity index (χ1) is 50.5. The fourth-order valence-electron chi connectivity index (χ4n) is 15.5. The summed E-state index contributed by atoms with van der Waals surface area (Å²) in [5.41, 5.74) is 14.7. The van der Waals surface area contributed by atoms with Crippen molar-refractivity contribution in [2.75, 3.05) is 22.9 Å². The molecule has 5 saturated carbocycles. The highest BCUT2D eigenvalue weighted by Gasteiger charge is 2.40. The number of rotatable bonds is 10. The van der Waals surface area contributed by atoms with Gasteiger partial charge in [0.2, 0.25) is 23.7 Å². The van der Waals surface area contributed by atoms with Gasteiger partial charge in [-0.25, -0.2) is 54.7 Å². The molecule has 0 spiro atoms. The van der Waals surface area contributed by atoms with Gasteiger partial charge < -0.3 is 20.6 Å². The Hall–Kier alpha value is -10.2. The van der Waals surface area contributed by atoms with Crippen molar-refractivity contribution < 1.29 is 54.3 Å². The van der Waals surface area contributed by atoms with Crippen LogP contribution in [0.25, 0.3) is 22.1 Å². The number of aromatic amines is 2. The number of Topliss-reactive ketones (excluding diaryl/α,β-unsaturated/α-hetero) is 1. The third-order valence-corrected chi connectivity index (χ3v) is 21.9. The SMILES string of the molecule is N#Cc1ccc(C2CCC(=O)CC2)cc1.N#Cc1ccc(C2CCC(F)(F)CC2)cc1.O=C1NCC(c2ccc(C3CCC(F)(F)CC3)cc2)N1c1ccc2nc[nH]c2c1.O=C1NCC(c2ccc(C3CCC(F)(F)CC3)cc2)N1c1ccc2nc[nH]c2c1.O=Cc1ccc(C2CCC(F)(F)CC2)cc1. The number of nitrogens with one attached hydrogen (secondary N) is 4. The predicted octanol–water partition coefficient (Wildman–Crippen LogP) is 20.7. The number of imidazole rings is 2. The number of benzene rings is 7. The lowest BCUT2D eigenvalue weighted by Crippen LogP contribution is -2.29. The smallest absolute Gasteiger partial charge is 0.322 e. The second-order valence-electron chi connectivity index (χ2n) is 28.8. The van der Waals surface area contributed by atoms with Crippen molar-refractivity contribution in [1.29, 1.82) is 10.5 Å². The number of carbonyl (C=O) groups excluding carboxylic acids is 4. The minimum atomic E-state index is -2.51. The number of nitrogens with zero attached hydrogens (tertiary/aromatic N) is 6. The number of nitriles is 2. The summed E-state index contributed by atoms with van der Waals surface area (Å²) in [4.78, 5) is 64.8.